The molecular formula is C17H27NO3S. The predicted molar refractivity (Wildman–Crippen MR) is 91.3 cm³/mol. The maximum absolute atomic E-state index is 12.1. The third kappa shape index (κ3) is 7.71. The average Bonchev–Trinajstić information content (AvgIpc) is 2.42. The Labute approximate surface area is 136 Å². The van der Waals surface area contributed by atoms with Crippen LogP contribution >= 0.6 is 0 Å². The van der Waals surface area contributed by atoms with Crippen molar-refractivity contribution >= 4 is 16.7 Å². The second-order valence-corrected chi connectivity index (χ2v) is 7.24. The molecule has 1 rings (SSSR count). The van der Waals surface area contributed by atoms with E-state index in [0.29, 0.717) is 18.9 Å². The summed E-state index contributed by atoms with van der Waals surface area (Å²) in [7, 11) is -1.18. The third-order valence-electron chi connectivity index (χ3n) is 3.21. The van der Waals surface area contributed by atoms with Crippen LogP contribution in [0.1, 0.15) is 37.0 Å². The monoisotopic (exact) mass is 325 g/mol. The lowest BCUT2D eigenvalue weighted by atomic mass is 10.1. The lowest BCUT2D eigenvalue weighted by molar-refractivity contribution is -0.118. The zero-order valence-corrected chi connectivity index (χ0v) is 14.8. The smallest absolute Gasteiger partial charge is 0.232 e. The first-order valence-corrected chi connectivity index (χ1v) is 9.16. The Morgan fingerprint density at radius 3 is 2.73 bits per heavy atom. The van der Waals surface area contributed by atoms with Crippen molar-refractivity contribution in [2.75, 3.05) is 18.9 Å². The molecule has 0 heterocycles. The Balaban J connectivity index is 2.29. The van der Waals surface area contributed by atoms with E-state index in [1.807, 2.05) is 45.9 Å². The number of nitrogens with one attached hydrogen (secondary N) is 1. The van der Waals surface area contributed by atoms with E-state index >= 15 is 0 Å². The summed E-state index contributed by atoms with van der Waals surface area (Å²) in [6.45, 7) is 9.17. The van der Waals surface area contributed by atoms with Gasteiger partial charge in [-0.15, -0.1) is 0 Å². The number of carbonyl (C=O) groups is 1. The topological polar surface area (TPSA) is 55.4 Å². The molecule has 5 heteroatoms. The van der Waals surface area contributed by atoms with Crippen molar-refractivity contribution in [2.45, 2.75) is 46.0 Å². The van der Waals surface area contributed by atoms with Crippen LogP contribution in [0, 0.1) is 13.8 Å². The Hall–Kier alpha value is -1.20. The van der Waals surface area contributed by atoms with E-state index in [0.717, 1.165) is 23.1 Å². The van der Waals surface area contributed by atoms with Gasteiger partial charge in [-0.3, -0.25) is 9.00 Å². The van der Waals surface area contributed by atoms with Gasteiger partial charge in [0.1, 0.15) is 5.75 Å². The van der Waals surface area contributed by atoms with Crippen LogP contribution in [0.5, 0.6) is 0 Å². The van der Waals surface area contributed by atoms with Gasteiger partial charge < -0.3 is 10.1 Å². The number of ether oxygens (including phenoxy) is 1. The molecule has 4 nitrogen and oxygen atoms in total. The van der Waals surface area contributed by atoms with E-state index < -0.39 is 10.8 Å². The molecular weight excluding hydrogens is 298 g/mol. The molecule has 1 N–H and O–H groups in total. The predicted octanol–water partition coefficient (Wildman–Crippen LogP) is 2.48. The van der Waals surface area contributed by atoms with Crippen LogP contribution in [-0.2, 0) is 26.1 Å². The molecule has 1 aromatic rings. The van der Waals surface area contributed by atoms with E-state index in [2.05, 4.69) is 5.32 Å². The molecule has 0 fully saturated rings. The lowest BCUT2D eigenvalue weighted by Crippen LogP contribution is -2.30. The second kappa shape index (κ2) is 9.74. The van der Waals surface area contributed by atoms with Gasteiger partial charge in [0.2, 0.25) is 5.91 Å². The zero-order valence-electron chi connectivity index (χ0n) is 14.0. The van der Waals surface area contributed by atoms with Crippen LogP contribution in [0.2, 0.25) is 0 Å². The van der Waals surface area contributed by atoms with Crippen LogP contribution in [0.15, 0.2) is 18.2 Å². The number of benzene rings is 1. The van der Waals surface area contributed by atoms with E-state index in [4.69, 9.17) is 4.74 Å². The van der Waals surface area contributed by atoms with E-state index in [-0.39, 0.29) is 17.8 Å². The highest BCUT2D eigenvalue weighted by atomic mass is 32.2. The van der Waals surface area contributed by atoms with E-state index in [1.54, 1.807) is 0 Å². The molecule has 0 saturated carbocycles. The minimum absolute atomic E-state index is 0.0540. The number of hydrogen-bond acceptors (Lipinski definition) is 3. The molecule has 1 amide bonds. The van der Waals surface area contributed by atoms with Crippen molar-refractivity contribution in [3.8, 4) is 0 Å². The van der Waals surface area contributed by atoms with E-state index in [1.165, 1.54) is 0 Å². The van der Waals surface area contributed by atoms with Crippen LogP contribution < -0.4 is 5.32 Å². The summed E-state index contributed by atoms with van der Waals surface area (Å²) in [5, 5.41) is 2.79. The maximum atomic E-state index is 12.1. The largest absolute Gasteiger partial charge is 0.379 e. The first-order chi connectivity index (χ1) is 10.4. The van der Waals surface area contributed by atoms with Gasteiger partial charge in [0.25, 0.3) is 0 Å². The van der Waals surface area contributed by atoms with Crippen molar-refractivity contribution in [2.24, 2.45) is 0 Å². The fourth-order valence-corrected chi connectivity index (χ4v) is 3.15. The molecule has 1 atom stereocenters. The molecule has 0 aliphatic carbocycles. The summed E-state index contributed by atoms with van der Waals surface area (Å²) in [6.07, 6.45) is 0.980. The van der Waals surface area contributed by atoms with Crippen LogP contribution in [-0.4, -0.2) is 35.1 Å². The van der Waals surface area contributed by atoms with Crippen molar-refractivity contribution < 1.29 is 13.7 Å². The maximum Gasteiger partial charge on any atom is 0.232 e. The Kier molecular flexibility index (Phi) is 8.35. The van der Waals surface area contributed by atoms with Crippen molar-refractivity contribution in [1.29, 1.82) is 0 Å². The highest BCUT2D eigenvalue weighted by molar-refractivity contribution is 7.84. The highest BCUT2D eigenvalue weighted by Gasteiger charge is 2.10. The molecule has 0 saturated heterocycles. The summed E-state index contributed by atoms with van der Waals surface area (Å²) >= 11 is 0. The molecule has 0 unspecified atom stereocenters. The van der Waals surface area contributed by atoms with Crippen LogP contribution in [0.25, 0.3) is 0 Å². The second-order valence-electron chi connectivity index (χ2n) is 5.78. The fraction of sp³-hybridized carbons (Fsp3) is 0.588. The number of rotatable bonds is 9. The minimum Gasteiger partial charge on any atom is -0.379 e. The SMILES string of the molecule is Cc1ccc(C)c(C[S@@](=O)CC(=O)NCCCOC(C)C)c1. The van der Waals surface area contributed by atoms with Crippen molar-refractivity contribution in [3.05, 3.63) is 34.9 Å². The third-order valence-corrected chi connectivity index (χ3v) is 4.42. The van der Waals surface area contributed by atoms with Crippen LogP contribution in [0.4, 0.5) is 0 Å². The summed E-state index contributed by atoms with van der Waals surface area (Å²) in [5.74, 6) is 0.323. The quantitative estimate of drug-likeness (QED) is 0.710. The van der Waals surface area contributed by atoms with E-state index in [9.17, 15) is 9.00 Å². The number of amides is 1. The van der Waals surface area contributed by atoms with Gasteiger partial charge in [0.05, 0.1) is 6.10 Å². The molecule has 0 bridgehead atoms. The first-order valence-electron chi connectivity index (χ1n) is 7.68. The summed E-state index contributed by atoms with van der Waals surface area (Å²) in [5.41, 5.74) is 3.31. The van der Waals surface area contributed by atoms with Crippen LogP contribution in [0.3, 0.4) is 0 Å². The van der Waals surface area contributed by atoms with Crippen molar-refractivity contribution in [3.63, 3.8) is 0 Å². The molecule has 124 valence electrons. The molecule has 22 heavy (non-hydrogen) atoms. The molecule has 0 spiro atoms. The van der Waals surface area contributed by atoms with Gasteiger partial charge >= 0.3 is 0 Å². The van der Waals surface area contributed by atoms with Gasteiger partial charge in [-0.2, -0.15) is 0 Å². The first kappa shape index (κ1) is 18.8. The van der Waals surface area contributed by atoms with Gasteiger partial charge in [0, 0.05) is 29.7 Å². The number of aryl methyl sites for hydroxylation is 2. The average molecular weight is 325 g/mol. The Morgan fingerprint density at radius 1 is 1.32 bits per heavy atom. The summed E-state index contributed by atoms with van der Waals surface area (Å²) < 4.78 is 17.5. The zero-order chi connectivity index (χ0) is 16.5. The minimum atomic E-state index is -1.18. The molecule has 0 aliphatic rings. The molecule has 1 aromatic carbocycles. The number of carbonyl (C=O) groups excluding carboxylic acids is 1. The Morgan fingerprint density at radius 2 is 2.05 bits per heavy atom. The van der Waals surface area contributed by atoms with Gasteiger partial charge in [-0.1, -0.05) is 23.8 Å². The molecule has 0 aromatic heterocycles. The highest BCUT2D eigenvalue weighted by Crippen LogP contribution is 2.12. The normalized spacial score (nSPS) is 12.4. The summed E-state index contributed by atoms with van der Waals surface area (Å²) in [4.78, 5) is 11.7. The summed E-state index contributed by atoms with van der Waals surface area (Å²) in [6, 6.07) is 6.10. The van der Waals surface area contributed by atoms with Crippen molar-refractivity contribution in [1.82, 2.24) is 5.32 Å². The van der Waals surface area contributed by atoms with Gasteiger partial charge in [-0.05, 0) is 45.2 Å². The Bertz CT molecular complexity index is 515. The van der Waals surface area contributed by atoms with Gasteiger partial charge in [-0.25, -0.2) is 0 Å². The lowest BCUT2D eigenvalue weighted by Gasteiger charge is -2.09. The number of hydrogen-bond donors (Lipinski definition) is 1. The molecule has 0 radical (unpaired) electrons. The fourth-order valence-electron chi connectivity index (χ4n) is 2.00. The van der Waals surface area contributed by atoms with Gasteiger partial charge in [0.15, 0.2) is 0 Å². The molecule has 0 aliphatic heterocycles. The standard InChI is InChI=1S/C17H27NO3S/c1-13(2)21-9-5-8-18-17(19)12-22(20)11-16-10-14(3)6-7-15(16)4/h6-7,10,13H,5,8-9,11-12H2,1-4H3,(H,18,19)/t22-/m1/s1.